The zero-order chi connectivity index (χ0) is 27.4. The molecule has 0 aliphatic heterocycles. The van der Waals surface area contributed by atoms with Crippen LogP contribution in [-0.2, 0) is 0 Å². The van der Waals surface area contributed by atoms with Crippen LogP contribution < -0.4 is 0 Å². The van der Waals surface area contributed by atoms with Crippen LogP contribution in [0.2, 0.25) is 0 Å². The molecule has 0 atom stereocenters. The highest BCUT2D eigenvalue weighted by Crippen LogP contribution is 2.48. The molecule has 10 rings (SSSR count). The van der Waals surface area contributed by atoms with Gasteiger partial charge in [0.25, 0.3) is 0 Å². The van der Waals surface area contributed by atoms with Crippen LogP contribution in [0.5, 0.6) is 0 Å². The Bertz CT molecular complexity index is 2570. The maximum absolute atomic E-state index is 6.56. The van der Waals surface area contributed by atoms with E-state index in [-0.39, 0.29) is 0 Å². The maximum atomic E-state index is 6.56. The van der Waals surface area contributed by atoms with Gasteiger partial charge in [0.15, 0.2) is 5.58 Å². The van der Waals surface area contributed by atoms with Crippen molar-refractivity contribution in [2.75, 3.05) is 0 Å². The Labute approximate surface area is 241 Å². The average molecular weight is 534 g/mol. The molecule has 1 aliphatic carbocycles. The van der Waals surface area contributed by atoms with E-state index in [1.165, 1.54) is 60.4 Å². The van der Waals surface area contributed by atoms with Gasteiger partial charge in [0.1, 0.15) is 5.58 Å². The molecule has 2 nitrogen and oxygen atoms in total. The first kappa shape index (κ1) is 22.1. The van der Waals surface area contributed by atoms with Gasteiger partial charge in [-0.2, -0.15) is 0 Å². The summed E-state index contributed by atoms with van der Waals surface area (Å²) in [5, 5.41) is 7.38. The molecule has 0 N–H and O–H groups in total. The molecule has 0 fully saturated rings. The predicted octanol–water partition coefficient (Wildman–Crippen LogP) is 11.2. The summed E-state index contributed by atoms with van der Waals surface area (Å²) in [4.78, 5) is 0. The van der Waals surface area contributed by atoms with Crippen LogP contribution >= 0.6 is 0 Å². The summed E-state index contributed by atoms with van der Waals surface area (Å²) in [6, 6.07) is 50.6. The molecule has 0 amide bonds. The standard InChI is InChI=1S/C40H23NO/c1-3-16-36-29(12-1)33-20-21-34-30-13-2-4-17-37(30)42-40(34)39(33)41(36)27-11-5-10-25(22-27)26-18-19-28-31-14-6-8-24-9-7-15-32(38(24)31)35(28)23-26/h1-23H. The zero-order valence-corrected chi connectivity index (χ0v) is 22.6. The Balaban J connectivity index is 1.22. The highest BCUT2D eigenvalue weighted by Gasteiger charge is 2.22. The second kappa shape index (κ2) is 7.99. The summed E-state index contributed by atoms with van der Waals surface area (Å²) < 4.78 is 8.94. The molecular weight excluding hydrogens is 510 g/mol. The van der Waals surface area contributed by atoms with Crippen molar-refractivity contribution in [2.45, 2.75) is 0 Å². The largest absolute Gasteiger partial charge is 0.454 e. The third kappa shape index (κ3) is 2.83. The predicted molar refractivity (Wildman–Crippen MR) is 175 cm³/mol. The number of aromatic nitrogens is 1. The molecule has 2 heterocycles. The van der Waals surface area contributed by atoms with E-state index in [0.29, 0.717) is 0 Å². The minimum Gasteiger partial charge on any atom is -0.454 e. The zero-order valence-electron chi connectivity index (χ0n) is 22.6. The molecule has 7 aromatic carbocycles. The number of hydrogen-bond acceptors (Lipinski definition) is 1. The topological polar surface area (TPSA) is 18.1 Å². The van der Waals surface area contributed by atoms with E-state index in [1.54, 1.807) is 0 Å². The molecule has 0 bridgehead atoms. The van der Waals surface area contributed by atoms with Crippen LogP contribution in [0.3, 0.4) is 0 Å². The van der Waals surface area contributed by atoms with Gasteiger partial charge in [-0.3, -0.25) is 0 Å². The van der Waals surface area contributed by atoms with Crippen molar-refractivity contribution in [3.63, 3.8) is 0 Å². The molecule has 42 heavy (non-hydrogen) atoms. The van der Waals surface area contributed by atoms with E-state index in [1.807, 2.05) is 6.07 Å². The summed E-state index contributed by atoms with van der Waals surface area (Å²) in [5.41, 5.74) is 12.9. The minimum atomic E-state index is 0.916. The lowest BCUT2D eigenvalue weighted by atomic mass is 9.97. The number of hydrogen-bond donors (Lipinski definition) is 0. The average Bonchev–Trinajstić information content (AvgIpc) is 3.70. The quantitative estimate of drug-likeness (QED) is 0.216. The Morgan fingerprint density at radius 3 is 2.10 bits per heavy atom. The summed E-state index contributed by atoms with van der Waals surface area (Å²) >= 11 is 0. The van der Waals surface area contributed by atoms with Crippen molar-refractivity contribution in [3.8, 4) is 39.1 Å². The lowest BCUT2D eigenvalue weighted by Crippen LogP contribution is -1.94. The van der Waals surface area contributed by atoms with E-state index < -0.39 is 0 Å². The van der Waals surface area contributed by atoms with E-state index in [0.717, 1.165) is 33.1 Å². The smallest absolute Gasteiger partial charge is 0.160 e. The van der Waals surface area contributed by atoms with Crippen LogP contribution in [-0.4, -0.2) is 4.57 Å². The molecular formula is C40H23NO. The minimum absolute atomic E-state index is 0.916. The fourth-order valence-corrected chi connectivity index (χ4v) is 7.29. The maximum Gasteiger partial charge on any atom is 0.160 e. The Kier molecular flexibility index (Phi) is 4.21. The van der Waals surface area contributed by atoms with Crippen LogP contribution in [0.4, 0.5) is 0 Å². The van der Waals surface area contributed by atoms with Crippen molar-refractivity contribution in [1.29, 1.82) is 0 Å². The van der Waals surface area contributed by atoms with E-state index in [9.17, 15) is 0 Å². The van der Waals surface area contributed by atoms with Gasteiger partial charge in [0.05, 0.1) is 11.0 Å². The van der Waals surface area contributed by atoms with Gasteiger partial charge >= 0.3 is 0 Å². The molecule has 0 saturated heterocycles. The fraction of sp³-hybridized carbons (Fsp3) is 0. The monoisotopic (exact) mass is 533 g/mol. The van der Waals surface area contributed by atoms with Gasteiger partial charge < -0.3 is 8.98 Å². The molecule has 0 unspecified atom stereocenters. The number of benzene rings is 7. The Hall–Kier alpha value is -5.60. The van der Waals surface area contributed by atoms with Crippen LogP contribution in [0, 0.1) is 0 Å². The molecule has 2 heteroatoms. The van der Waals surface area contributed by atoms with Gasteiger partial charge in [-0.1, -0.05) is 103 Å². The summed E-state index contributed by atoms with van der Waals surface area (Å²) in [6.07, 6.45) is 0. The van der Waals surface area contributed by atoms with Crippen molar-refractivity contribution in [1.82, 2.24) is 4.57 Å². The van der Waals surface area contributed by atoms with Gasteiger partial charge in [0, 0.05) is 27.2 Å². The normalized spacial score (nSPS) is 12.3. The van der Waals surface area contributed by atoms with Crippen LogP contribution in [0.15, 0.2) is 144 Å². The first-order valence-electron chi connectivity index (χ1n) is 14.4. The SMILES string of the molecule is c1cc(-c2ccc3c(c2)-c2cccc4cccc-3c24)cc(-n2c3ccccc3c3ccc4c5ccccc5oc4c32)c1. The number of fused-ring (bicyclic) bond motifs is 10. The summed E-state index contributed by atoms with van der Waals surface area (Å²) in [6.45, 7) is 0. The fourth-order valence-electron chi connectivity index (χ4n) is 7.29. The summed E-state index contributed by atoms with van der Waals surface area (Å²) in [5.74, 6) is 0. The molecule has 0 radical (unpaired) electrons. The third-order valence-corrected chi connectivity index (χ3v) is 9.12. The Morgan fingerprint density at radius 1 is 0.452 bits per heavy atom. The first-order valence-corrected chi connectivity index (χ1v) is 14.4. The number of rotatable bonds is 2. The highest BCUT2D eigenvalue weighted by molar-refractivity contribution is 6.21. The third-order valence-electron chi connectivity index (χ3n) is 9.12. The van der Waals surface area contributed by atoms with Crippen molar-refractivity contribution >= 4 is 54.5 Å². The number of nitrogens with zero attached hydrogens (tertiary/aromatic N) is 1. The van der Waals surface area contributed by atoms with Crippen molar-refractivity contribution in [3.05, 3.63) is 140 Å². The lowest BCUT2D eigenvalue weighted by molar-refractivity contribution is 0.671. The van der Waals surface area contributed by atoms with Crippen LogP contribution in [0.1, 0.15) is 0 Å². The molecule has 1 aliphatic rings. The molecule has 2 aromatic heterocycles. The van der Waals surface area contributed by atoms with E-state index >= 15 is 0 Å². The molecule has 9 aromatic rings. The Morgan fingerprint density at radius 2 is 1.19 bits per heavy atom. The lowest BCUT2D eigenvalue weighted by Gasteiger charge is -2.12. The second-order valence-corrected chi connectivity index (χ2v) is 11.3. The number of furan rings is 1. The first-order chi connectivity index (χ1) is 20.8. The molecule has 194 valence electrons. The van der Waals surface area contributed by atoms with Gasteiger partial charge in [0.2, 0.25) is 0 Å². The summed E-state index contributed by atoms with van der Waals surface area (Å²) in [7, 11) is 0. The molecule has 0 saturated carbocycles. The van der Waals surface area contributed by atoms with Gasteiger partial charge in [-0.15, -0.1) is 0 Å². The van der Waals surface area contributed by atoms with Gasteiger partial charge in [-0.25, -0.2) is 0 Å². The van der Waals surface area contributed by atoms with Crippen molar-refractivity contribution in [2.24, 2.45) is 0 Å². The van der Waals surface area contributed by atoms with E-state index in [2.05, 4.69) is 138 Å². The molecule has 0 spiro atoms. The van der Waals surface area contributed by atoms with Crippen LogP contribution in [0.25, 0.3) is 93.6 Å². The second-order valence-electron chi connectivity index (χ2n) is 11.3. The highest BCUT2D eigenvalue weighted by atomic mass is 16.3. The van der Waals surface area contributed by atoms with Crippen molar-refractivity contribution < 1.29 is 4.42 Å². The van der Waals surface area contributed by atoms with E-state index in [4.69, 9.17) is 4.42 Å². The van der Waals surface area contributed by atoms with Gasteiger partial charge in [-0.05, 0) is 80.6 Å². The number of para-hydroxylation sites is 2.